The first kappa shape index (κ1) is 14.3. The Balaban J connectivity index is 1.80. The van der Waals surface area contributed by atoms with E-state index in [-0.39, 0.29) is 11.5 Å². The summed E-state index contributed by atoms with van der Waals surface area (Å²) in [6, 6.07) is 0. The van der Waals surface area contributed by atoms with E-state index in [1.165, 1.54) is 0 Å². The van der Waals surface area contributed by atoms with Gasteiger partial charge in [-0.25, -0.2) is 4.79 Å². The first-order chi connectivity index (χ1) is 10.7. The van der Waals surface area contributed by atoms with E-state index in [0.717, 1.165) is 38.5 Å². The average Bonchev–Trinajstić information content (AvgIpc) is 2.44. The molecule has 0 aromatic carbocycles. The summed E-state index contributed by atoms with van der Waals surface area (Å²) in [5, 5.41) is 6.95. The number of ether oxygens (including phenoxy) is 1. The molecular formula is C17H27NO4. The molecule has 0 spiro atoms. The van der Waals surface area contributed by atoms with Crippen LogP contribution in [0.15, 0.2) is 0 Å². The Bertz CT molecular complexity index is 505. The van der Waals surface area contributed by atoms with Crippen LogP contribution in [0.5, 0.6) is 0 Å². The van der Waals surface area contributed by atoms with Crippen LogP contribution in [-0.4, -0.2) is 28.3 Å². The molecule has 1 amide bonds. The minimum absolute atomic E-state index is 0.139. The summed E-state index contributed by atoms with van der Waals surface area (Å²) >= 11 is 0. The van der Waals surface area contributed by atoms with Gasteiger partial charge in [-0.05, 0) is 64.2 Å². The smallest absolute Gasteiger partial charge is 0.405 e. The zero-order chi connectivity index (χ0) is 16.9. The Hall–Kier alpha value is -1.26. The standard InChI is InChI=1S/C17H27NO4/c1-4-15(2,3)13(19)22-17-8-11-5-12(9-17)7-16(6-11,10-17)18-14(20)21/h11-12,18H,4-10H2,1-3H3,(H,20,21)/i/hT. The van der Waals surface area contributed by atoms with Gasteiger partial charge in [0.2, 0.25) is 0 Å². The molecule has 4 aliphatic carbocycles. The first-order valence-electron chi connectivity index (χ1n) is 8.81. The maximum absolute atomic E-state index is 12.6. The van der Waals surface area contributed by atoms with Crippen molar-refractivity contribution in [3.05, 3.63) is 0 Å². The van der Waals surface area contributed by atoms with Gasteiger partial charge in [-0.15, -0.1) is 0 Å². The third-order valence-corrected chi connectivity index (χ3v) is 6.12. The highest BCUT2D eigenvalue weighted by Crippen LogP contribution is 2.59. The Morgan fingerprint density at radius 3 is 2.50 bits per heavy atom. The van der Waals surface area contributed by atoms with Gasteiger partial charge in [0.25, 0.3) is 1.43 Å². The summed E-state index contributed by atoms with van der Waals surface area (Å²) in [4.78, 5) is 24.2. The SMILES string of the molecule is [3H]OC(=O)NC12CC3CC(C1)CC(OC(=O)C(C)(C)CC)(C3)C2. The molecule has 22 heavy (non-hydrogen) atoms. The molecule has 2 atom stereocenters. The minimum atomic E-state index is -0.706. The van der Waals surface area contributed by atoms with E-state index >= 15 is 0 Å². The second-order valence-electron chi connectivity index (χ2n) is 8.46. The van der Waals surface area contributed by atoms with Crippen LogP contribution in [0.1, 0.15) is 65.7 Å². The fraction of sp³-hybridized carbons (Fsp3) is 0.882. The molecule has 2 N–H and O–H groups in total. The summed E-state index contributed by atoms with van der Waals surface area (Å²) in [6.45, 7) is 5.83. The molecule has 0 aromatic rings. The summed E-state index contributed by atoms with van der Waals surface area (Å²) in [6.07, 6.45) is 5.42. The topological polar surface area (TPSA) is 75.6 Å². The molecule has 124 valence electrons. The fourth-order valence-electron chi connectivity index (χ4n) is 5.14. The number of esters is 1. The number of hydrogen-bond donors (Lipinski definition) is 2. The van der Waals surface area contributed by atoms with Crippen LogP contribution < -0.4 is 5.32 Å². The molecule has 5 nitrogen and oxygen atoms in total. The number of rotatable bonds is 4. The van der Waals surface area contributed by atoms with Gasteiger partial charge >= 0.3 is 12.1 Å². The Morgan fingerprint density at radius 1 is 1.32 bits per heavy atom. The van der Waals surface area contributed by atoms with Gasteiger partial charge in [0.15, 0.2) is 0 Å². The van der Waals surface area contributed by atoms with Gasteiger partial charge < -0.3 is 15.2 Å². The van der Waals surface area contributed by atoms with Crippen LogP contribution in [0.3, 0.4) is 0 Å². The molecule has 0 aromatic heterocycles. The van der Waals surface area contributed by atoms with Crippen molar-refractivity contribution < 1.29 is 19.4 Å². The van der Waals surface area contributed by atoms with Crippen molar-refractivity contribution in [3.8, 4) is 0 Å². The third kappa shape index (κ3) is 2.59. The van der Waals surface area contributed by atoms with Crippen molar-refractivity contribution in [1.29, 1.82) is 1.43 Å². The van der Waals surface area contributed by atoms with Gasteiger partial charge in [-0.3, -0.25) is 4.79 Å². The van der Waals surface area contributed by atoms with Crippen molar-refractivity contribution >= 4 is 12.1 Å². The molecule has 4 aliphatic rings. The van der Waals surface area contributed by atoms with E-state index in [1.807, 2.05) is 20.8 Å². The zero-order valence-corrected chi connectivity index (χ0v) is 13.7. The predicted octanol–water partition coefficient (Wildman–Crippen LogP) is 3.32. The van der Waals surface area contributed by atoms with Crippen molar-refractivity contribution in [3.63, 3.8) is 0 Å². The van der Waals surface area contributed by atoms with Crippen LogP contribution in [0.25, 0.3) is 1.43 Å². The van der Waals surface area contributed by atoms with Crippen LogP contribution >= 0.6 is 0 Å². The lowest BCUT2D eigenvalue weighted by Gasteiger charge is -2.61. The second kappa shape index (κ2) is 4.87. The fourth-order valence-corrected chi connectivity index (χ4v) is 5.14. The molecule has 0 heterocycles. The number of nitrogens with one attached hydrogen (secondary N) is 1. The van der Waals surface area contributed by atoms with Crippen molar-refractivity contribution in [1.82, 2.24) is 5.32 Å². The van der Waals surface area contributed by atoms with Gasteiger partial charge in [0, 0.05) is 12.0 Å². The molecule has 2 unspecified atom stereocenters. The maximum Gasteiger partial charge on any atom is 0.405 e. The van der Waals surface area contributed by atoms with Gasteiger partial charge in [-0.1, -0.05) is 6.92 Å². The van der Waals surface area contributed by atoms with E-state index in [2.05, 4.69) is 10.4 Å². The highest BCUT2D eigenvalue weighted by Gasteiger charge is 2.60. The lowest BCUT2D eigenvalue weighted by Crippen LogP contribution is -2.66. The molecule has 4 saturated carbocycles. The van der Waals surface area contributed by atoms with Crippen LogP contribution in [-0.2, 0) is 9.53 Å². The highest BCUT2D eigenvalue weighted by atomic mass is 16.6. The number of carbonyl (C=O) groups is 2. The summed E-state index contributed by atoms with van der Waals surface area (Å²) in [5.74, 6) is 0.805. The molecule has 5 heteroatoms. The lowest BCUT2D eigenvalue weighted by atomic mass is 9.51. The van der Waals surface area contributed by atoms with Crippen LogP contribution in [0, 0.1) is 17.3 Å². The molecule has 4 bridgehead atoms. The lowest BCUT2D eigenvalue weighted by molar-refractivity contribution is -0.200. The third-order valence-electron chi connectivity index (χ3n) is 6.12. The number of amides is 1. The van der Waals surface area contributed by atoms with E-state index in [0.29, 0.717) is 18.3 Å². The Labute approximate surface area is 133 Å². The van der Waals surface area contributed by atoms with E-state index in [1.54, 1.807) is 0 Å². The van der Waals surface area contributed by atoms with Crippen LogP contribution in [0.4, 0.5) is 4.79 Å². The molecule has 0 radical (unpaired) electrons. The van der Waals surface area contributed by atoms with E-state index in [4.69, 9.17) is 6.17 Å². The minimum Gasteiger partial charge on any atom is -0.465 e. The van der Waals surface area contributed by atoms with Gasteiger partial charge in [-0.2, -0.15) is 0 Å². The largest absolute Gasteiger partial charge is 0.465 e. The molecular weight excluding hydrogens is 282 g/mol. The normalized spacial score (nSPS) is 40.0. The molecule has 0 aliphatic heterocycles. The summed E-state index contributed by atoms with van der Waals surface area (Å²) in [5.41, 5.74) is -1.31. The van der Waals surface area contributed by atoms with Crippen molar-refractivity contribution in [2.24, 2.45) is 17.3 Å². The van der Waals surface area contributed by atoms with Crippen molar-refractivity contribution in [2.45, 2.75) is 76.9 Å². The van der Waals surface area contributed by atoms with Gasteiger partial charge in [0.1, 0.15) is 5.60 Å². The zero-order valence-electron chi connectivity index (χ0n) is 14.7. The predicted molar refractivity (Wildman–Crippen MR) is 81.5 cm³/mol. The number of hydrogen-bond acceptors (Lipinski definition) is 4. The van der Waals surface area contributed by atoms with Crippen molar-refractivity contribution in [2.75, 3.05) is 0 Å². The van der Waals surface area contributed by atoms with E-state index < -0.39 is 17.1 Å². The van der Waals surface area contributed by atoms with E-state index in [9.17, 15) is 9.59 Å². The Morgan fingerprint density at radius 2 is 1.95 bits per heavy atom. The summed E-state index contributed by atoms with van der Waals surface area (Å²) in [7, 11) is 0. The molecule has 4 rings (SSSR count). The average molecular weight is 311 g/mol. The molecule has 0 saturated heterocycles. The molecule has 4 fully saturated rings. The number of carboxylic acid groups (broad SMARTS) is 1. The quantitative estimate of drug-likeness (QED) is 0.781. The maximum atomic E-state index is 12.6. The first-order valence-corrected chi connectivity index (χ1v) is 8.40. The monoisotopic (exact) mass is 311 g/mol. The number of carbonyl (C=O) groups excluding carboxylic acids is 1. The summed E-state index contributed by atoms with van der Waals surface area (Å²) < 4.78 is 12.9. The second-order valence-corrected chi connectivity index (χ2v) is 8.46. The Kier molecular flexibility index (Phi) is 3.17. The highest BCUT2D eigenvalue weighted by molar-refractivity contribution is 5.76. The van der Waals surface area contributed by atoms with Crippen LogP contribution in [0.2, 0.25) is 0 Å². The van der Waals surface area contributed by atoms with Gasteiger partial charge in [0.05, 0.1) is 5.41 Å².